The Morgan fingerprint density at radius 3 is 2.67 bits per heavy atom. The van der Waals surface area contributed by atoms with Crippen molar-refractivity contribution in [2.75, 3.05) is 7.11 Å². The zero-order valence-electron chi connectivity index (χ0n) is 9.73. The summed E-state index contributed by atoms with van der Waals surface area (Å²) < 4.78 is 5.17. The lowest BCUT2D eigenvalue weighted by atomic mass is 10.0. The van der Waals surface area contributed by atoms with Gasteiger partial charge in [-0.05, 0) is 29.3 Å². The first-order chi connectivity index (χ1) is 8.63. The van der Waals surface area contributed by atoms with Gasteiger partial charge in [-0.2, -0.15) is 0 Å². The molecule has 1 aromatic carbocycles. The minimum Gasteiger partial charge on any atom is -0.495 e. The molecule has 0 aliphatic carbocycles. The van der Waals surface area contributed by atoms with Crippen molar-refractivity contribution in [2.24, 2.45) is 5.73 Å². The van der Waals surface area contributed by atoms with Crippen LogP contribution in [0.5, 0.6) is 5.75 Å². The molecule has 0 fully saturated rings. The monoisotopic (exact) mass is 282 g/mol. The maximum Gasteiger partial charge on any atom is 0.137 e. The van der Waals surface area contributed by atoms with E-state index in [9.17, 15) is 0 Å². The summed E-state index contributed by atoms with van der Waals surface area (Å²) in [6, 6.07) is 6.88. The standard InChI is InChI=1S/C13H12Cl2N2O/c1-18-12-6-8(2-3-10(12)14)13(16)9-4-5-17-7-11(9)15/h2-7,13H,16H2,1H3. The summed E-state index contributed by atoms with van der Waals surface area (Å²) in [7, 11) is 1.57. The average molecular weight is 283 g/mol. The van der Waals surface area contributed by atoms with Crippen LogP contribution in [0.3, 0.4) is 0 Å². The highest BCUT2D eigenvalue weighted by molar-refractivity contribution is 6.32. The number of benzene rings is 1. The third kappa shape index (κ3) is 2.58. The highest BCUT2D eigenvalue weighted by atomic mass is 35.5. The lowest BCUT2D eigenvalue weighted by Gasteiger charge is -2.15. The molecule has 5 heteroatoms. The predicted octanol–water partition coefficient (Wildman–Crippen LogP) is 3.45. The molecule has 0 saturated carbocycles. The first kappa shape index (κ1) is 13.1. The molecule has 0 bridgehead atoms. The van der Waals surface area contributed by atoms with Crippen LogP contribution in [0.15, 0.2) is 36.7 Å². The van der Waals surface area contributed by atoms with Gasteiger partial charge in [-0.25, -0.2) is 0 Å². The maximum atomic E-state index is 6.18. The van der Waals surface area contributed by atoms with Gasteiger partial charge in [0.1, 0.15) is 5.75 Å². The molecule has 0 aliphatic rings. The fourth-order valence-electron chi connectivity index (χ4n) is 1.69. The summed E-state index contributed by atoms with van der Waals surface area (Å²) in [5.41, 5.74) is 7.87. The van der Waals surface area contributed by atoms with Crippen LogP contribution in [0, 0.1) is 0 Å². The number of rotatable bonds is 3. The molecule has 18 heavy (non-hydrogen) atoms. The van der Waals surface area contributed by atoms with Gasteiger partial charge in [-0.1, -0.05) is 29.3 Å². The molecule has 0 aliphatic heterocycles. The van der Waals surface area contributed by atoms with E-state index in [1.165, 1.54) is 0 Å². The Morgan fingerprint density at radius 1 is 1.22 bits per heavy atom. The first-order valence-corrected chi connectivity index (χ1v) is 6.07. The number of ether oxygens (including phenoxy) is 1. The van der Waals surface area contributed by atoms with Crippen LogP contribution in [0.1, 0.15) is 17.2 Å². The van der Waals surface area contributed by atoms with E-state index in [1.807, 2.05) is 12.1 Å². The van der Waals surface area contributed by atoms with Crippen molar-refractivity contribution < 1.29 is 4.74 Å². The number of hydrogen-bond acceptors (Lipinski definition) is 3. The summed E-state index contributed by atoms with van der Waals surface area (Å²) in [5.74, 6) is 0.592. The molecule has 1 heterocycles. The van der Waals surface area contributed by atoms with Crippen LogP contribution in [-0.2, 0) is 0 Å². The largest absolute Gasteiger partial charge is 0.495 e. The minimum atomic E-state index is -0.341. The Morgan fingerprint density at radius 2 is 2.00 bits per heavy atom. The molecular weight excluding hydrogens is 271 g/mol. The van der Waals surface area contributed by atoms with Gasteiger partial charge in [-0.15, -0.1) is 0 Å². The van der Waals surface area contributed by atoms with E-state index in [4.69, 9.17) is 33.7 Å². The average Bonchev–Trinajstić information content (AvgIpc) is 2.39. The molecule has 2 aromatic rings. The van der Waals surface area contributed by atoms with Crippen molar-refractivity contribution in [3.8, 4) is 5.75 Å². The number of hydrogen-bond donors (Lipinski definition) is 1. The number of nitrogens with zero attached hydrogens (tertiary/aromatic N) is 1. The zero-order chi connectivity index (χ0) is 13.1. The summed E-state index contributed by atoms with van der Waals surface area (Å²) in [4.78, 5) is 3.94. The summed E-state index contributed by atoms with van der Waals surface area (Å²) >= 11 is 12.1. The van der Waals surface area contributed by atoms with Crippen molar-refractivity contribution in [2.45, 2.75) is 6.04 Å². The van der Waals surface area contributed by atoms with Crippen LogP contribution in [-0.4, -0.2) is 12.1 Å². The van der Waals surface area contributed by atoms with Gasteiger partial charge >= 0.3 is 0 Å². The van der Waals surface area contributed by atoms with E-state index in [0.29, 0.717) is 15.8 Å². The smallest absolute Gasteiger partial charge is 0.137 e. The zero-order valence-corrected chi connectivity index (χ0v) is 11.2. The van der Waals surface area contributed by atoms with Gasteiger partial charge in [0.15, 0.2) is 0 Å². The summed E-state index contributed by atoms with van der Waals surface area (Å²) in [5, 5.41) is 1.09. The van der Waals surface area contributed by atoms with Crippen molar-refractivity contribution in [1.82, 2.24) is 4.98 Å². The number of methoxy groups -OCH3 is 1. The van der Waals surface area contributed by atoms with Crippen molar-refractivity contribution >= 4 is 23.2 Å². The van der Waals surface area contributed by atoms with Crippen molar-refractivity contribution in [1.29, 1.82) is 0 Å². The molecule has 0 amide bonds. The van der Waals surface area contributed by atoms with Crippen LogP contribution < -0.4 is 10.5 Å². The minimum absolute atomic E-state index is 0.341. The maximum absolute atomic E-state index is 6.18. The second-order valence-electron chi connectivity index (χ2n) is 3.77. The van der Waals surface area contributed by atoms with E-state index in [0.717, 1.165) is 11.1 Å². The molecule has 2 N–H and O–H groups in total. The molecule has 1 atom stereocenters. The number of pyridine rings is 1. The van der Waals surface area contributed by atoms with E-state index in [2.05, 4.69) is 4.98 Å². The third-order valence-electron chi connectivity index (χ3n) is 2.67. The van der Waals surface area contributed by atoms with Gasteiger partial charge in [0.05, 0.1) is 23.2 Å². The van der Waals surface area contributed by atoms with Crippen LogP contribution in [0.4, 0.5) is 0 Å². The van der Waals surface area contributed by atoms with Crippen molar-refractivity contribution in [3.05, 3.63) is 57.8 Å². The summed E-state index contributed by atoms with van der Waals surface area (Å²) in [6.07, 6.45) is 3.23. The molecule has 1 unspecified atom stereocenters. The highest BCUT2D eigenvalue weighted by Gasteiger charge is 2.14. The molecule has 2 rings (SSSR count). The van der Waals surface area contributed by atoms with Gasteiger partial charge in [0.2, 0.25) is 0 Å². The van der Waals surface area contributed by atoms with Crippen molar-refractivity contribution in [3.63, 3.8) is 0 Å². The van der Waals surface area contributed by atoms with Crippen LogP contribution in [0.25, 0.3) is 0 Å². The number of aromatic nitrogens is 1. The second kappa shape index (κ2) is 5.57. The Labute approximate surface area is 115 Å². The number of halogens is 2. The molecular formula is C13H12Cl2N2O. The Hall–Kier alpha value is -1.29. The first-order valence-electron chi connectivity index (χ1n) is 5.32. The lowest BCUT2D eigenvalue weighted by Crippen LogP contribution is -2.12. The van der Waals surface area contributed by atoms with Crippen LogP contribution in [0.2, 0.25) is 10.0 Å². The Kier molecular flexibility index (Phi) is 4.07. The van der Waals surface area contributed by atoms with Gasteiger partial charge in [0, 0.05) is 12.4 Å². The molecule has 0 saturated heterocycles. The second-order valence-corrected chi connectivity index (χ2v) is 4.58. The Balaban J connectivity index is 2.40. The highest BCUT2D eigenvalue weighted by Crippen LogP contribution is 2.31. The Bertz CT molecular complexity index is 560. The number of nitrogens with two attached hydrogens (primary N) is 1. The summed E-state index contributed by atoms with van der Waals surface area (Å²) in [6.45, 7) is 0. The van der Waals surface area contributed by atoms with E-state index in [1.54, 1.807) is 31.6 Å². The molecule has 1 aromatic heterocycles. The molecule has 0 radical (unpaired) electrons. The molecule has 0 spiro atoms. The third-order valence-corrected chi connectivity index (χ3v) is 3.30. The van der Waals surface area contributed by atoms with Crippen LogP contribution >= 0.6 is 23.2 Å². The molecule has 94 valence electrons. The van der Waals surface area contributed by atoms with E-state index in [-0.39, 0.29) is 6.04 Å². The van der Waals surface area contributed by atoms with Gasteiger partial charge in [0.25, 0.3) is 0 Å². The molecule has 3 nitrogen and oxygen atoms in total. The van der Waals surface area contributed by atoms with Gasteiger partial charge < -0.3 is 10.5 Å². The fraction of sp³-hybridized carbons (Fsp3) is 0.154. The quantitative estimate of drug-likeness (QED) is 0.938. The predicted molar refractivity (Wildman–Crippen MR) is 73.3 cm³/mol. The van der Waals surface area contributed by atoms with E-state index < -0.39 is 0 Å². The van der Waals surface area contributed by atoms with Gasteiger partial charge in [-0.3, -0.25) is 4.98 Å². The SMILES string of the molecule is COc1cc(C(N)c2ccncc2Cl)ccc1Cl. The topological polar surface area (TPSA) is 48.1 Å². The van der Waals surface area contributed by atoms with E-state index >= 15 is 0 Å². The normalized spacial score (nSPS) is 12.2. The fourth-order valence-corrected chi connectivity index (χ4v) is 2.12. The lowest BCUT2D eigenvalue weighted by molar-refractivity contribution is 0.414.